The molecule has 0 bridgehead atoms. The normalized spacial score (nSPS) is 20.7. The minimum atomic E-state index is -0.196. The van der Waals surface area contributed by atoms with Gasteiger partial charge >= 0.3 is 0 Å². The van der Waals surface area contributed by atoms with Crippen molar-refractivity contribution in [2.24, 2.45) is 5.92 Å². The largest absolute Gasteiger partial charge is 0.494 e. The number of methoxy groups -OCH3 is 1. The van der Waals surface area contributed by atoms with E-state index in [2.05, 4.69) is 44.5 Å². The fraction of sp³-hybridized carbons (Fsp3) is 0.360. The summed E-state index contributed by atoms with van der Waals surface area (Å²) in [5.41, 5.74) is 10.1. The van der Waals surface area contributed by atoms with E-state index in [1.54, 1.807) is 13.3 Å². The van der Waals surface area contributed by atoms with Crippen LogP contribution < -0.4 is 26.0 Å². The number of nitrogens with two attached hydrogens (primary N) is 1. The van der Waals surface area contributed by atoms with Gasteiger partial charge in [-0.1, -0.05) is 35.9 Å². The van der Waals surface area contributed by atoms with Crippen LogP contribution >= 0.6 is 11.6 Å². The molecule has 180 valence electrons. The van der Waals surface area contributed by atoms with Gasteiger partial charge in [-0.05, 0) is 27.1 Å². The molecule has 34 heavy (non-hydrogen) atoms. The lowest BCUT2D eigenvalue weighted by Gasteiger charge is -2.30. The Balaban J connectivity index is 1.61. The fourth-order valence-corrected chi connectivity index (χ4v) is 4.44. The first-order valence-corrected chi connectivity index (χ1v) is 11.6. The van der Waals surface area contributed by atoms with Gasteiger partial charge in [0.05, 0.1) is 46.6 Å². The second-order valence-electron chi connectivity index (χ2n) is 9.10. The summed E-state index contributed by atoms with van der Waals surface area (Å²) in [7, 11) is 7.74. The number of benzene rings is 1. The van der Waals surface area contributed by atoms with E-state index in [4.69, 9.17) is 27.1 Å². The highest BCUT2D eigenvalue weighted by molar-refractivity contribution is 6.32. The zero-order valence-corrected chi connectivity index (χ0v) is 21.0. The topological polar surface area (TPSA) is 91.6 Å². The number of fused-ring (bicyclic) bond motifs is 1. The first kappa shape index (κ1) is 23.9. The molecule has 4 N–H and O–H groups in total. The first-order valence-electron chi connectivity index (χ1n) is 11.2. The van der Waals surface area contributed by atoms with Gasteiger partial charge < -0.3 is 30.9 Å². The molecule has 0 saturated carbocycles. The molecule has 2 atom stereocenters. The van der Waals surface area contributed by atoms with Crippen molar-refractivity contribution in [3.8, 4) is 5.75 Å². The van der Waals surface area contributed by atoms with Crippen molar-refractivity contribution in [1.29, 1.82) is 0 Å². The van der Waals surface area contributed by atoms with Gasteiger partial charge in [0, 0.05) is 43.9 Å². The smallest absolute Gasteiger partial charge is 0.227 e. The Morgan fingerprint density at radius 2 is 2.03 bits per heavy atom. The van der Waals surface area contributed by atoms with Crippen LogP contribution in [-0.4, -0.2) is 61.7 Å². The van der Waals surface area contributed by atoms with Crippen LogP contribution in [0.15, 0.2) is 48.8 Å². The van der Waals surface area contributed by atoms with Crippen LogP contribution in [0.3, 0.4) is 0 Å². The van der Waals surface area contributed by atoms with E-state index >= 15 is 0 Å². The van der Waals surface area contributed by atoms with Gasteiger partial charge in [-0.25, -0.2) is 9.97 Å². The average molecular weight is 482 g/mol. The van der Waals surface area contributed by atoms with Gasteiger partial charge in [-0.15, -0.1) is 0 Å². The van der Waals surface area contributed by atoms with Gasteiger partial charge in [0.25, 0.3) is 0 Å². The van der Waals surface area contributed by atoms with E-state index in [0.29, 0.717) is 33.8 Å². The molecule has 1 aliphatic carbocycles. The molecule has 2 aromatic rings. The van der Waals surface area contributed by atoms with Gasteiger partial charge in [-0.2, -0.15) is 0 Å². The van der Waals surface area contributed by atoms with Crippen molar-refractivity contribution in [2.75, 3.05) is 57.3 Å². The molecular formula is C25H32ClN7O. The first-order chi connectivity index (χ1) is 16.2. The lowest BCUT2D eigenvalue weighted by Crippen LogP contribution is -2.40. The van der Waals surface area contributed by atoms with E-state index in [-0.39, 0.29) is 11.5 Å². The number of nitrogens with zero attached hydrogens (tertiary/aromatic N) is 4. The molecule has 4 rings (SSSR count). The third-order valence-corrected chi connectivity index (χ3v) is 6.56. The molecular weight excluding hydrogens is 450 g/mol. The van der Waals surface area contributed by atoms with Crippen molar-refractivity contribution in [2.45, 2.75) is 12.5 Å². The van der Waals surface area contributed by atoms with Crippen LogP contribution in [-0.2, 0) is 0 Å². The van der Waals surface area contributed by atoms with Crippen molar-refractivity contribution in [3.05, 3.63) is 59.6 Å². The zero-order valence-electron chi connectivity index (χ0n) is 20.3. The highest BCUT2D eigenvalue weighted by Crippen LogP contribution is 2.42. The molecule has 0 amide bonds. The number of likely N-dealkylation sites (N-methyl/N-ethyl adjacent to an activating group) is 2. The molecule has 1 aromatic carbocycles. The van der Waals surface area contributed by atoms with E-state index in [9.17, 15) is 0 Å². The van der Waals surface area contributed by atoms with Crippen LogP contribution in [0.4, 0.5) is 23.0 Å². The standard InChI is InChI=1S/C25H32ClN7O/c1-25-9-7-6-8-17(25)16(14-29-25)23-18(26)15-28-24(31-23)30-20-12-19(27)21(13-22(20)34-5)33(4)11-10-32(2)3/h6-9,12-15,17,29H,10-11,27H2,1-5H3,(H,28,30,31). The Morgan fingerprint density at radius 1 is 1.24 bits per heavy atom. The third kappa shape index (κ3) is 4.69. The molecule has 0 spiro atoms. The average Bonchev–Trinajstić information content (AvgIpc) is 3.16. The fourth-order valence-electron chi connectivity index (χ4n) is 4.24. The maximum absolute atomic E-state index is 6.53. The summed E-state index contributed by atoms with van der Waals surface area (Å²) < 4.78 is 5.65. The summed E-state index contributed by atoms with van der Waals surface area (Å²) in [6.45, 7) is 3.90. The van der Waals surface area contributed by atoms with E-state index in [1.165, 1.54) is 0 Å². The van der Waals surface area contributed by atoms with Crippen LogP contribution in [0.5, 0.6) is 5.75 Å². The summed E-state index contributed by atoms with van der Waals surface area (Å²) in [5, 5.41) is 7.21. The summed E-state index contributed by atoms with van der Waals surface area (Å²) in [4.78, 5) is 13.4. The number of nitrogens with one attached hydrogen (secondary N) is 2. The monoisotopic (exact) mass is 481 g/mol. The molecule has 2 aliphatic rings. The third-order valence-electron chi connectivity index (χ3n) is 6.28. The molecule has 1 aliphatic heterocycles. The summed E-state index contributed by atoms with van der Waals surface area (Å²) >= 11 is 6.53. The Bertz CT molecular complexity index is 1160. The van der Waals surface area contributed by atoms with Crippen LogP contribution in [0, 0.1) is 5.92 Å². The Labute approximate surface area is 206 Å². The van der Waals surface area contributed by atoms with Gasteiger partial charge in [0.2, 0.25) is 5.95 Å². The number of aromatic nitrogens is 2. The Hall–Kier alpha value is -3.23. The second kappa shape index (κ2) is 9.56. The Kier molecular flexibility index (Phi) is 6.72. The predicted molar refractivity (Wildman–Crippen MR) is 141 cm³/mol. The molecule has 0 fully saturated rings. The number of ether oxygens (including phenoxy) is 1. The van der Waals surface area contributed by atoms with Crippen LogP contribution in [0.1, 0.15) is 12.6 Å². The maximum atomic E-state index is 6.53. The molecule has 1 aromatic heterocycles. The zero-order chi connectivity index (χ0) is 24.5. The van der Waals surface area contributed by atoms with Gasteiger partial charge in [-0.3, -0.25) is 0 Å². The van der Waals surface area contributed by atoms with Crippen molar-refractivity contribution in [1.82, 2.24) is 20.2 Å². The van der Waals surface area contributed by atoms with E-state index in [1.807, 2.05) is 51.6 Å². The minimum Gasteiger partial charge on any atom is -0.494 e. The molecule has 2 unspecified atom stereocenters. The summed E-state index contributed by atoms with van der Waals surface area (Å²) in [5.74, 6) is 1.19. The number of hydrogen-bond donors (Lipinski definition) is 3. The lowest BCUT2D eigenvalue weighted by molar-refractivity contribution is 0.413. The molecule has 2 heterocycles. The quantitative estimate of drug-likeness (QED) is 0.489. The molecule has 8 nitrogen and oxygen atoms in total. The maximum Gasteiger partial charge on any atom is 0.227 e. The number of anilines is 4. The second-order valence-corrected chi connectivity index (χ2v) is 9.51. The van der Waals surface area contributed by atoms with Gasteiger partial charge in [0.1, 0.15) is 5.75 Å². The van der Waals surface area contributed by atoms with E-state index in [0.717, 1.165) is 24.4 Å². The van der Waals surface area contributed by atoms with Crippen molar-refractivity contribution >= 4 is 40.2 Å². The molecule has 0 saturated heterocycles. The summed E-state index contributed by atoms with van der Waals surface area (Å²) in [6.07, 6.45) is 12.0. The summed E-state index contributed by atoms with van der Waals surface area (Å²) in [6, 6.07) is 3.78. The van der Waals surface area contributed by atoms with Crippen molar-refractivity contribution < 1.29 is 4.74 Å². The number of halogens is 1. The minimum absolute atomic E-state index is 0.125. The van der Waals surface area contributed by atoms with Gasteiger partial charge in [0.15, 0.2) is 0 Å². The van der Waals surface area contributed by atoms with Crippen molar-refractivity contribution in [3.63, 3.8) is 0 Å². The predicted octanol–water partition coefficient (Wildman–Crippen LogP) is 3.91. The SMILES string of the molecule is COc1cc(N(C)CCN(C)C)c(N)cc1Nc1ncc(Cl)c(C2=CNC3(C)C=CC=CC23)n1. The highest BCUT2D eigenvalue weighted by atomic mass is 35.5. The van der Waals surface area contributed by atoms with Crippen LogP contribution in [0.2, 0.25) is 5.02 Å². The highest BCUT2D eigenvalue weighted by Gasteiger charge is 2.39. The number of hydrogen-bond acceptors (Lipinski definition) is 8. The molecule has 0 radical (unpaired) electrons. The number of allylic oxidation sites excluding steroid dienone is 2. The number of rotatable bonds is 8. The number of nitrogen functional groups attached to an aromatic ring is 1. The lowest BCUT2D eigenvalue weighted by atomic mass is 9.79. The Morgan fingerprint density at radius 3 is 2.76 bits per heavy atom. The van der Waals surface area contributed by atoms with E-state index < -0.39 is 0 Å². The van der Waals surface area contributed by atoms with Crippen LogP contribution in [0.25, 0.3) is 5.57 Å². The molecule has 9 heteroatoms.